The van der Waals surface area contributed by atoms with Gasteiger partial charge >= 0.3 is 6.18 Å². The molecule has 6 heteroatoms. The molecule has 0 spiro atoms. The average Bonchev–Trinajstić information content (AvgIpc) is 2.24. The van der Waals surface area contributed by atoms with Crippen LogP contribution in [0.4, 0.5) is 13.2 Å². The van der Waals surface area contributed by atoms with Gasteiger partial charge in [-0.2, -0.15) is 13.2 Å². The van der Waals surface area contributed by atoms with E-state index in [-0.39, 0.29) is 13.2 Å². The second-order valence-corrected chi connectivity index (χ2v) is 3.28. The minimum Gasteiger partial charge on any atom is -0.375 e. The normalized spacial score (nSPS) is 11.8. The molecule has 0 aliphatic heterocycles. The van der Waals surface area contributed by atoms with Gasteiger partial charge in [0, 0.05) is 12.7 Å². The summed E-state index contributed by atoms with van der Waals surface area (Å²) in [5.74, 6) is 0. The average molecular weight is 234 g/mol. The highest BCUT2D eigenvalue weighted by Gasteiger charge is 2.26. The highest BCUT2D eigenvalue weighted by molar-refractivity contribution is 5.13. The lowest BCUT2D eigenvalue weighted by Gasteiger charge is -2.07. The van der Waals surface area contributed by atoms with E-state index >= 15 is 0 Å². The van der Waals surface area contributed by atoms with Crippen molar-refractivity contribution >= 4 is 0 Å². The van der Waals surface area contributed by atoms with Crippen LogP contribution in [-0.4, -0.2) is 17.8 Å². The van der Waals surface area contributed by atoms with E-state index < -0.39 is 12.6 Å². The minimum absolute atomic E-state index is 0.0843. The number of alkyl halides is 3. The Hall–Kier alpha value is -1.14. The standard InChI is InChI=1S/C10H13F3N2O/c11-10(12,13)3-4-16-7-9-2-1-8(5-14)6-15-9/h1-2,6H,3-5,7,14H2. The summed E-state index contributed by atoms with van der Waals surface area (Å²) < 4.78 is 40.2. The molecule has 0 unspecified atom stereocenters. The predicted octanol–water partition coefficient (Wildman–Crippen LogP) is 2.01. The smallest absolute Gasteiger partial charge is 0.375 e. The zero-order valence-corrected chi connectivity index (χ0v) is 8.63. The molecule has 0 aromatic carbocycles. The van der Waals surface area contributed by atoms with E-state index in [2.05, 4.69) is 4.98 Å². The molecule has 0 radical (unpaired) electrons. The molecule has 2 N–H and O–H groups in total. The third kappa shape index (κ3) is 5.09. The summed E-state index contributed by atoms with van der Waals surface area (Å²) in [5, 5.41) is 0. The van der Waals surface area contributed by atoms with Crippen molar-refractivity contribution in [1.82, 2.24) is 4.98 Å². The van der Waals surface area contributed by atoms with Crippen LogP contribution in [0.25, 0.3) is 0 Å². The Labute approximate surface area is 91.4 Å². The third-order valence-corrected chi connectivity index (χ3v) is 1.90. The van der Waals surface area contributed by atoms with Crippen LogP contribution in [0, 0.1) is 0 Å². The summed E-state index contributed by atoms with van der Waals surface area (Å²) in [7, 11) is 0. The molecule has 3 nitrogen and oxygen atoms in total. The van der Waals surface area contributed by atoms with Gasteiger partial charge in [-0.1, -0.05) is 6.07 Å². The summed E-state index contributed by atoms with van der Waals surface area (Å²) in [4.78, 5) is 4.00. The van der Waals surface area contributed by atoms with Crippen molar-refractivity contribution in [3.05, 3.63) is 29.6 Å². The van der Waals surface area contributed by atoms with Crippen molar-refractivity contribution in [2.75, 3.05) is 6.61 Å². The monoisotopic (exact) mass is 234 g/mol. The van der Waals surface area contributed by atoms with E-state index in [4.69, 9.17) is 10.5 Å². The molecular weight excluding hydrogens is 221 g/mol. The molecule has 0 aliphatic carbocycles. The topological polar surface area (TPSA) is 48.1 Å². The first-order valence-electron chi connectivity index (χ1n) is 4.79. The Kier molecular flexibility index (Phi) is 4.70. The van der Waals surface area contributed by atoms with Gasteiger partial charge in [-0.15, -0.1) is 0 Å². The lowest BCUT2D eigenvalue weighted by atomic mass is 10.2. The lowest BCUT2D eigenvalue weighted by Crippen LogP contribution is -2.11. The second-order valence-electron chi connectivity index (χ2n) is 3.28. The maximum Gasteiger partial charge on any atom is 0.391 e. The molecule has 0 bridgehead atoms. The molecule has 1 aromatic heterocycles. The van der Waals surface area contributed by atoms with Crippen molar-refractivity contribution in [1.29, 1.82) is 0 Å². The highest BCUT2D eigenvalue weighted by Crippen LogP contribution is 2.19. The Bertz CT molecular complexity index is 311. The number of nitrogens with zero attached hydrogens (tertiary/aromatic N) is 1. The van der Waals surface area contributed by atoms with E-state index in [1.54, 1.807) is 18.3 Å². The van der Waals surface area contributed by atoms with Crippen LogP contribution in [-0.2, 0) is 17.9 Å². The van der Waals surface area contributed by atoms with Crippen molar-refractivity contribution in [2.45, 2.75) is 25.7 Å². The molecule has 0 aliphatic rings. The summed E-state index contributed by atoms with van der Waals surface area (Å²) in [6.07, 6.45) is -3.52. The zero-order valence-electron chi connectivity index (χ0n) is 8.63. The van der Waals surface area contributed by atoms with Crippen LogP contribution < -0.4 is 5.73 Å². The fraction of sp³-hybridized carbons (Fsp3) is 0.500. The van der Waals surface area contributed by atoms with Crippen molar-refractivity contribution in [2.24, 2.45) is 5.73 Å². The van der Waals surface area contributed by atoms with Crippen LogP contribution in [0.15, 0.2) is 18.3 Å². The molecule has 1 aromatic rings. The van der Waals surface area contributed by atoms with E-state index in [0.717, 1.165) is 5.56 Å². The fourth-order valence-electron chi connectivity index (χ4n) is 1.03. The van der Waals surface area contributed by atoms with Crippen molar-refractivity contribution in [3.8, 4) is 0 Å². The number of ether oxygens (including phenoxy) is 1. The number of pyridine rings is 1. The largest absolute Gasteiger partial charge is 0.391 e. The summed E-state index contributed by atoms with van der Waals surface area (Å²) >= 11 is 0. The molecule has 0 atom stereocenters. The Balaban J connectivity index is 2.27. The first-order valence-corrected chi connectivity index (χ1v) is 4.79. The number of rotatable bonds is 5. The van der Waals surface area contributed by atoms with E-state index in [0.29, 0.717) is 12.2 Å². The third-order valence-electron chi connectivity index (χ3n) is 1.90. The molecule has 1 heterocycles. The van der Waals surface area contributed by atoms with Crippen LogP contribution in [0.2, 0.25) is 0 Å². The molecule has 16 heavy (non-hydrogen) atoms. The SMILES string of the molecule is NCc1ccc(COCCC(F)(F)F)nc1. The van der Waals surface area contributed by atoms with Gasteiger partial charge in [0.25, 0.3) is 0 Å². The van der Waals surface area contributed by atoms with Gasteiger partial charge in [-0.3, -0.25) is 4.98 Å². The maximum atomic E-state index is 11.8. The second kappa shape index (κ2) is 5.81. The number of hydrogen-bond acceptors (Lipinski definition) is 3. The molecular formula is C10H13F3N2O. The molecule has 90 valence electrons. The zero-order chi connectivity index (χ0) is 12.0. The molecule has 0 saturated carbocycles. The molecule has 1 rings (SSSR count). The predicted molar refractivity (Wildman–Crippen MR) is 52.5 cm³/mol. The van der Waals surface area contributed by atoms with Gasteiger partial charge in [-0.25, -0.2) is 0 Å². The van der Waals surface area contributed by atoms with Crippen molar-refractivity contribution < 1.29 is 17.9 Å². The van der Waals surface area contributed by atoms with Gasteiger partial charge < -0.3 is 10.5 Å². The Morgan fingerprint density at radius 1 is 1.31 bits per heavy atom. The van der Waals surface area contributed by atoms with Crippen LogP contribution in [0.3, 0.4) is 0 Å². The van der Waals surface area contributed by atoms with Crippen molar-refractivity contribution in [3.63, 3.8) is 0 Å². The van der Waals surface area contributed by atoms with Gasteiger partial charge in [-0.05, 0) is 11.6 Å². The first kappa shape index (κ1) is 12.9. The van der Waals surface area contributed by atoms with E-state index in [9.17, 15) is 13.2 Å². The van der Waals surface area contributed by atoms with Gasteiger partial charge in [0.05, 0.1) is 25.3 Å². The van der Waals surface area contributed by atoms with Gasteiger partial charge in [0.15, 0.2) is 0 Å². The number of hydrogen-bond donors (Lipinski definition) is 1. The summed E-state index contributed by atoms with van der Waals surface area (Å²) in [6.45, 7) is 0.132. The van der Waals surface area contributed by atoms with E-state index in [1.165, 1.54) is 0 Å². The quantitative estimate of drug-likeness (QED) is 0.793. The van der Waals surface area contributed by atoms with Gasteiger partial charge in [0.2, 0.25) is 0 Å². The Morgan fingerprint density at radius 3 is 2.56 bits per heavy atom. The number of halogens is 3. The van der Waals surface area contributed by atoms with Crippen LogP contribution >= 0.6 is 0 Å². The van der Waals surface area contributed by atoms with E-state index in [1.807, 2.05) is 0 Å². The molecule has 0 fully saturated rings. The number of aromatic nitrogens is 1. The van der Waals surface area contributed by atoms with Gasteiger partial charge in [0.1, 0.15) is 0 Å². The lowest BCUT2D eigenvalue weighted by molar-refractivity contribution is -0.146. The fourth-order valence-corrected chi connectivity index (χ4v) is 1.03. The Morgan fingerprint density at radius 2 is 2.06 bits per heavy atom. The summed E-state index contributed by atoms with van der Waals surface area (Å²) in [5.41, 5.74) is 6.84. The van der Waals surface area contributed by atoms with Crippen LogP contribution in [0.5, 0.6) is 0 Å². The first-order chi connectivity index (χ1) is 7.51. The summed E-state index contributed by atoms with van der Waals surface area (Å²) in [6, 6.07) is 3.46. The maximum absolute atomic E-state index is 11.8. The number of nitrogens with two attached hydrogens (primary N) is 1. The highest BCUT2D eigenvalue weighted by atomic mass is 19.4. The van der Waals surface area contributed by atoms with Crippen LogP contribution in [0.1, 0.15) is 17.7 Å². The molecule has 0 amide bonds. The minimum atomic E-state index is -4.17. The molecule has 0 saturated heterocycles.